The van der Waals surface area contributed by atoms with Crippen LogP contribution >= 0.6 is 0 Å². The van der Waals surface area contributed by atoms with Gasteiger partial charge in [-0.1, -0.05) is 18.2 Å². The number of allylic oxidation sites excluding steroid dienone is 1. The Morgan fingerprint density at radius 2 is 2.17 bits per heavy atom. The predicted molar refractivity (Wildman–Crippen MR) is 91.3 cm³/mol. The highest BCUT2D eigenvalue weighted by Crippen LogP contribution is 2.21. The Morgan fingerprint density at radius 1 is 1.35 bits per heavy atom. The van der Waals surface area contributed by atoms with Gasteiger partial charge in [-0.05, 0) is 17.2 Å². The molecule has 23 heavy (non-hydrogen) atoms. The third-order valence-corrected chi connectivity index (χ3v) is 3.71. The molecule has 0 saturated heterocycles. The van der Waals surface area contributed by atoms with Gasteiger partial charge in [-0.3, -0.25) is 0 Å². The van der Waals surface area contributed by atoms with Crippen molar-refractivity contribution in [2.75, 3.05) is 13.6 Å². The third kappa shape index (κ3) is 3.32. The van der Waals surface area contributed by atoms with Gasteiger partial charge in [-0.2, -0.15) is 5.10 Å². The molecule has 1 aromatic carbocycles. The molecule has 0 bridgehead atoms. The van der Waals surface area contributed by atoms with Gasteiger partial charge in [0.05, 0.1) is 12.6 Å². The SMILES string of the molecule is C[NH2+]C=C(C=N)c1cccc(-c2ncc(C3C=NNC3)cn2)c1. The fourth-order valence-corrected chi connectivity index (χ4v) is 2.47. The minimum Gasteiger partial charge on any atom is -0.322 e. The maximum atomic E-state index is 7.54. The van der Waals surface area contributed by atoms with Gasteiger partial charge in [0.25, 0.3) is 0 Å². The quantitative estimate of drug-likeness (QED) is 0.720. The van der Waals surface area contributed by atoms with Gasteiger partial charge in [0, 0.05) is 42.8 Å². The molecule has 0 saturated carbocycles. The highest BCUT2D eigenvalue weighted by Gasteiger charge is 2.14. The van der Waals surface area contributed by atoms with Crippen LogP contribution in [0.2, 0.25) is 0 Å². The van der Waals surface area contributed by atoms with E-state index in [1.807, 2.05) is 61.4 Å². The van der Waals surface area contributed by atoms with Crippen molar-refractivity contribution >= 4 is 18.0 Å². The molecule has 1 unspecified atom stereocenters. The summed E-state index contributed by atoms with van der Waals surface area (Å²) >= 11 is 0. The zero-order valence-corrected chi connectivity index (χ0v) is 12.9. The molecule has 6 heteroatoms. The van der Waals surface area contributed by atoms with Crippen molar-refractivity contribution in [3.8, 4) is 11.4 Å². The Balaban J connectivity index is 1.88. The standard InChI is InChI=1S/C17H18N6/c1-19-7-14(6-18)12-3-2-4-13(5-12)17-20-8-15(9-21-17)16-10-22-23-11-16/h2-10,16,18-19,23H,11H2,1H3/p+1. The van der Waals surface area contributed by atoms with Crippen LogP contribution < -0.4 is 10.7 Å². The summed E-state index contributed by atoms with van der Waals surface area (Å²) in [6.45, 7) is 0.791. The van der Waals surface area contributed by atoms with Crippen molar-refractivity contribution in [3.05, 3.63) is 54.0 Å². The minimum atomic E-state index is 0.239. The van der Waals surface area contributed by atoms with E-state index in [0.717, 1.165) is 28.8 Å². The van der Waals surface area contributed by atoms with Crippen LogP contribution in [-0.2, 0) is 0 Å². The summed E-state index contributed by atoms with van der Waals surface area (Å²) < 4.78 is 0. The van der Waals surface area contributed by atoms with Crippen LogP contribution in [0.4, 0.5) is 0 Å². The number of nitrogens with one attached hydrogen (secondary N) is 2. The Morgan fingerprint density at radius 3 is 2.83 bits per heavy atom. The van der Waals surface area contributed by atoms with Crippen LogP contribution in [0.15, 0.2) is 48.0 Å². The van der Waals surface area contributed by atoms with E-state index in [4.69, 9.17) is 5.41 Å². The van der Waals surface area contributed by atoms with Crippen molar-refractivity contribution in [2.45, 2.75) is 5.92 Å². The lowest BCUT2D eigenvalue weighted by Gasteiger charge is -2.07. The summed E-state index contributed by atoms with van der Waals surface area (Å²) in [6, 6.07) is 7.93. The van der Waals surface area contributed by atoms with Crippen LogP contribution in [0.1, 0.15) is 17.0 Å². The highest BCUT2D eigenvalue weighted by atomic mass is 15.3. The summed E-state index contributed by atoms with van der Waals surface area (Å²) in [5.74, 6) is 0.922. The molecule has 0 radical (unpaired) electrons. The number of rotatable bonds is 5. The Bertz CT molecular complexity index is 748. The van der Waals surface area contributed by atoms with E-state index in [2.05, 4.69) is 20.5 Å². The fourth-order valence-electron chi connectivity index (χ4n) is 2.47. The molecule has 1 aliphatic heterocycles. The van der Waals surface area contributed by atoms with E-state index < -0.39 is 0 Å². The van der Waals surface area contributed by atoms with E-state index in [1.54, 1.807) is 0 Å². The Labute approximate surface area is 134 Å². The van der Waals surface area contributed by atoms with Crippen molar-refractivity contribution in [1.82, 2.24) is 15.4 Å². The van der Waals surface area contributed by atoms with Crippen LogP contribution in [0.3, 0.4) is 0 Å². The average Bonchev–Trinajstić information content (AvgIpc) is 3.14. The molecule has 0 fully saturated rings. The summed E-state index contributed by atoms with van der Waals surface area (Å²) in [5, 5.41) is 13.5. The molecule has 2 heterocycles. The first-order chi connectivity index (χ1) is 11.3. The number of aromatic nitrogens is 2. The highest BCUT2D eigenvalue weighted by molar-refractivity contribution is 6.08. The molecule has 116 valence electrons. The number of hydrogen-bond donors (Lipinski definition) is 3. The van der Waals surface area contributed by atoms with E-state index in [1.165, 1.54) is 6.21 Å². The lowest BCUT2D eigenvalue weighted by Crippen LogP contribution is -2.72. The van der Waals surface area contributed by atoms with Gasteiger partial charge < -0.3 is 16.2 Å². The predicted octanol–water partition coefficient (Wildman–Crippen LogP) is 1.000. The van der Waals surface area contributed by atoms with E-state index in [-0.39, 0.29) is 5.92 Å². The fraction of sp³-hybridized carbons (Fsp3) is 0.176. The maximum Gasteiger partial charge on any atom is 0.159 e. The Hall–Kier alpha value is -2.86. The number of benzene rings is 1. The first-order valence-corrected chi connectivity index (χ1v) is 7.50. The van der Waals surface area contributed by atoms with Gasteiger partial charge in [0.1, 0.15) is 6.20 Å². The molecule has 0 aliphatic carbocycles. The minimum absolute atomic E-state index is 0.239. The number of quaternary nitrogens is 1. The zero-order valence-electron chi connectivity index (χ0n) is 12.9. The van der Waals surface area contributed by atoms with E-state index >= 15 is 0 Å². The summed E-state index contributed by atoms with van der Waals surface area (Å²) in [4.78, 5) is 8.96. The van der Waals surface area contributed by atoms with Gasteiger partial charge in [0.15, 0.2) is 5.82 Å². The molecule has 4 N–H and O–H groups in total. The van der Waals surface area contributed by atoms with E-state index in [9.17, 15) is 0 Å². The van der Waals surface area contributed by atoms with E-state index in [0.29, 0.717) is 5.82 Å². The second-order valence-electron chi connectivity index (χ2n) is 5.27. The average molecular weight is 307 g/mol. The van der Waals surface area contributed by atoms with Crippen LogP contribution in [0.25, 0.3) is 17.0 Å². The molecule has 1 aromatic heterocycles. The first-order valence-electron chi connectivity index (χ1n) is 7.50. The molecule has 0 amide bonds. The molecule has 1 atom stereocenters. The Kier molecular flexibility index (Phi) is 4.54. The molecule has 0 spiro atoms. The maximum absolute atomic E-state index is 7.54. The molecular formula is C17H19N6+. The topological polar surface area (TPSA) is 90.6 Å². The van der Waals surface area contributed by atoms with Crippen LogP contribution in [-0.4, -0.2) is 36.0 Å². The molecule has 2 aromatic rings. The van der Waals surface area contributed by atoms with Gasteiger partial charge >= 0.3 is 0 Å². The number of nitrogens with two attached hydrogens (primary N) is 1. The van der Waals surface area contributed by atoms with Gasteiger partial charge in [0.2, 0.25) is 0 Å². The van der Waals surface area contributed by atoms with Gasteiger partial charge in [-0.25, -0.2) is 9.97 Å². The van der Waals surface area contributed by atoms with Crippen molar-refractivity contribution in [1.29, 1.82) is 5.41 Å². The summed E-state index contributed by atoms with van der Waals surface area (Å²) in [7, 11) is 1.94. The third-order valence-electron chi connectivity index (χ3n) is 3.71. The normalized spacial score (nSPS) is 17.1. The molecule has 1 aliphatic rings. The van der Waals surface area contributed by atoms with Crippen molar-refractivity contribution in [3.63, 3.8) is 0 Å². The molecule has 3 rings (SSSR count). The lowest BCUT2D eigenvalue weighted by molar-refractivity contribution is -0.555. The zero-order chi connectivity index (χ0) is 16.1. The summed E-state index contributed by atoms with van der Waals surface area (Å²) in [5.41, 5.74) is 6.78. The second-order valence-corrected chi connectivity index (χ2v) is 5.27. The van der Waals surface area contributed by atoms with Crippen molar-refractivity contribution < 1.29 is 5.32 Å². The smallest absolute Gasteiger partial charge is 0.159 e. The van der Waals surface area contributed by atoms with Crippen LogP contribution in [0, 0.1) is 5.41 Å². The van der Waals surface area contributed by atoms with Gasteiger partial charge in [-0.15, -0.1) is 0 Å². The second kappa shape index (κ2) is 6.93. The number of hydrogen-bond acceptors (Lipinski definition) is 5. The number of nitrogens with zero attached hydrogens (tertiary/aromatic N) is 3. The number of hydrazone groups is 1. The summed E-state index contributed by atoms with van der Waals surface area (Å²) in [6.07, 6.45) is 8.86. The lowest BCUT2D eigenvalue weighted by atomic mass is 10.0. The monoisotopic (exact) mass is 307 g/mol. The molecular weight excluding hydrogens is 288 g/mol. The van der Waals surface area contributed by atoms with Crippen LogP contribution in [0.5, 0.6) is 0 Å². The largest absolute Gasteiger partial charge is 0.322 e. The first kappa shape index (κ1) is 15.1. The van der Waals surface area contributed by atoms with Crippen molar-refractivity contribution in [2.24, 2.45) is 5.10 Å². The molecule has 6 nitrogen and oxygen atoms in total.